The van der Waals surface area contributed by atoms with Crippen molar-refractivity contribution >= 4 is 5.97 Å². The number of piperidine rings is 1. The molecule has 3 aromatic rings. The minimum Gasteiger partial charge on any atom is -0.496 e. The molecule has 166 valence electrons. The highest BCUT2D eigenvalue weighted by Crippen LogP contribution is 2.39. The summed E-state index contributed by atoms with van der Waals surface area (Å²) in [6.45, 7) is 1.56. The lowest BCUT2D eigenvalue weighted by Crippen LogP contribution is -2.48. The zero-order chi connectivity index (χ0) is 22.6. The molecule has 0 amide bonds. The van der Waals surface area contributed by atoms with Crippen LogP contribution in [0.25, 0.3) is 11.1 Å². The average Bonchev–Trinajstić information content (AvgIpc) is 2.81. The summed E-state index contributed by atoms with van der Waals surface area (Å²) in [7, 11) is 1.64. The summed E-state index contributed by atoms with van der Waals surface area (Å²) in [5.74, 6) is -0.291. The number of carboxylic acid groups (broad SMARTS) is 1. The maximum Gasteiger partial charge on any atom is 0.311 e. The van der Waals surface area contributed by atoms with Crippen molar-refractivity contribution in [3.05, 3.63) is 89.7 Å². The van der Waals surface area contributed by atoms with Crippen LogP contribution in [-0.4, -0.2) is 36.2 Å². The standard InChI is InChI=1S/C27H28FNO3/c1-32-25-14-7-5-12-23(25)22-11-4-2-9-20(22)17-27(26(30)31)15-8-16-29(19-27)18-21-10-3-6-13-24(21)28/h2-7,9-14H,8,15-19H2,1H3,(H,30,31). The van der Waals surface area contributed by atoms with E-state index in [0.29, 0.717) is 31.5 Å². The molecule has 1 aliphatic heterocycles. The van der Waals surface area contributed by atoms with Gasteiger partial charge in [-0.15, -0.1) is 0 Å². The number of ether oxygens (including phenoxy) is 1. The van der Waals surface area contributed by atoms with E-state index < -0.39 is 11.4 Å². The minimum absolute atomic E-state index is 0.250. The molecular formula is C27H28FNO3. The molecule has 1 aliphatic rings. The summed E-state index contributed by atoms with van der Waals surface area (Å²) in [5.41, 5.74) is 2.58. The normalized spacial score (nSPS) is 18.9. The fourth-order valence-corrected chi connectivity index (χ4v) is 4.79. The second kappa shape index (κ2) is 9.53. The van der Waals surface area contributed by atoms with E-state index in [-0.39, 0.29) is 5.82 Å². The number of para-hydroxylation sites is 1. The van der Waals surface area contributed by atoms with Crippen LogP contribution in [-0.2, 0) is 17.8 Å². The Morgan fingerprint density at radius 2 is 1.66 bits per heavy atom. The Morgan fingerprint density at radius 1 is 1.00 bits per heavy atom. The van der Waals surface area contributed by atoms with E-state index in [1.807, 2.05) is 54.6 Å². The van der Waals surface area contributed by atoms with Gasteiger partial charge in [-0.25, -0.2) is 4.39 Å². The van der Waals surface area contributed by atoms with Crippen LogP contribution in [0, 0.1) is 11.2 Å². The number of methoxy groups -OCH3 is 1. The highest BCUT2D eigenvalue weighted by atomic mass is 19.1. The third kappa shape index (κ3) is 4.53. The van der Waals surface area contributed by atoms with Crippen molar-refractivity contribution in [3.63, 3.8) is 0 Å². The van der Waals surface area contributed by atoms with Crippen molar-refractivity contribution in [2.45, 2.75) is 25.8 Å². The predicted molar refractivity (Wildman–Crippen MR) is 123 cm³/mol. The van der Waals surface area contributed by atoms with Crippen LogP contribution in [0.15, 0.2) is 72.8 Å². The maximum absolute atomic E-state index is 14.2. The Hall–Kier alpha value is -3.18. The van der Waals surface area contributed by atoms with Crippen LogP contribution in [0.3, 0.4) is 0 Å². The smallest absolute Gasteiger partial charge is 0.311 e. The fourth-order valence-electron chi connectivity index (χ4n) is 4.79. The third-order valence-electron chi connectivity index (χ3n) is 6.40. The van der Waals surface area contributed by atoms with E-state index in [1.54, 1.807) is 19.2 Å². The topological polar surface area (TPSA) is 49.8 Å². The third-order valence-corrected chi connectivity index (χ3v) is 6.40. The largest absolute Gasteiger partial charge is 0.496 e. The number of benzene rings is 3. The molecule has 1 N–H and O–H groups in total. The number of carboxylic acids is 1. The van der Waals surface area contributed by atoms with Gasteiger partial charge in [0, 0.05) is 24.2 Å². The first kappa shape index (κ1) is 22.0. The lowest BCUT2D eigenvalue weighted by atomic mass is 9.74. The first-order valence-corrected chi connectivity index (χ1v) is 10.9. The molecule has 0 saturated carbocycles. The Labute approximate surface area is 188 Å². The van der Waals surface area contributed by atoms with Crippen molar-refractivity contribution in [3.8, 4) is 16.9 Å². The van der Waals surface area contributed by atoms with Crippen molar-refractivity contribution in [2.75, 3.05) is 20.2 Å². The molecule has 1 atom stereocenters. The molecule has 1 unspecified atom stereocenters. The molecule has 3 aromatic carbocycles. The average molecular weight is 434 g/mol. The number of halogens is 1. The van der Waals surface area contributed by atoms with Crippen LogP contribution in [0.5, 0.6) is 5.75 Å². The van der Waals surface area contributed by atoms with Crippen molar-refractivity contribution in [1.82, 2.24) is 4.90 Å². The second-order valence-corrected chi connectivity index (χ2v) is 8.53. The molecule has 0 radical (unpaired) electrons. The Kier molecular flexibility index (Phi) is 6.56. The molecule has 0 spiro atoms. The van der Waals surface area contributed by atoms with E-state index in [1.165, 1.54) is 6.07 Å². The van der Waals surface area contributed by atoms with Crippen LogP contribution in [0.1, 0.15) is 24.0 Å². The molecule has 1 fully saturated rings. The van der Waals surface area contributed by atoms with Crippen LogP contribution in [0.4, 0.5) is 4.39 Å². The van der Waals surface area contributed by atoms with Gasteiger partial charge in [-0.2, -0.15) is 0 Å². The van der Waals surface area contributed by atoms with Gasteiger partial charge in [-0.3, -0.25) is 9.69 Å². The van der Waals surface area contributed by atoms with Crippen molar-refractivity contribution < 1.29 is 19.0 Å². The number of hydrogen-bond acceptors (Lipinski definition) is 3. The predicted octanol–water partition coefficient (Wildman–Crippen LogP) is 5.41. The van der Waals surface area contributed by atoms with E-state index in [4.69, 9.17) is 4.74 Å². The van der Waals surface area contributed by atoms with Gasteiger partial charge >= 0.3 is 5.97 Å². The molecule has 1 heterocycles. The Morgan fingerprint density at radius 3 is 2.38 bits per heavy atom. The molecule has 32 heavy (non-hydrogen) atoms. The van der Waals surface area contributed by atoms with Crippen LogP contribution >= 0.6 is 0 Å². The lowest BCUT2D eigenvalue weighted by molar-refractivity contribution is -0.152. The van der Waals surface area contributed by atoms with Gasteiger partial charge in [-0.05, 0) is 49.1 Å². The monoisotopic (exact) mass is 433 g/mol. The fraction of sp³-hybridized carbons (Fsp3) is 0.296. The van der Waals surface area contributed by atoms with Gasteiger partial charge in [0.05, 0.1) is 12.5 Å². The quantitative estimate of drug-likeness (QED) is 0.541. The molecule has 1 saturated heterocycles. The van der Waals surface area contributed by atoms with E-state index >= 15 is 0 Å². The van der Waals surface area contributed by atoms with Gasteiger partial charge in [0.25, 0.3) is 0 Å². The van der Waals surface area contributed by atoms with Gasteiger partial charge in [0.15, 0.2) is 0 Å². The summed E-state index contributed by atoms with van der Waals surface area (Å²) >= 11 is 0. The molecule has 5 heteroatoms. The first-order valence-electron chi connectivity index (χ1n) is 10.9. The van der Waals surface area contributed by atoms with Crippen LogP contribution in [0.2, 0.25) is 0 Å². The SMILES string of the molecule is COc1ccccc1-c1ccccc1CC1(C(=O)O)CCCN(Cc2ccccc2F)C1. The molecule has 4 rings (SSSR count). The molecule has 0 aromatic heterocycles. The maximum atomic E-state index is 14.2. The van der Waals surface area contributed by atoms with Crippen molar-refractivity contribution in [1.29, 1.82) is 0 Å². The summed E-state index contributed by atoms with van der Waals surface area (Å²) in [6.07, 6.45) is 1.76. The first-order chi connectivity index (χ1) is 15.5. The summed E-state index contributed by atoms with van der Waals surface area (Å²) in [5, 5.41) is 10.3. The summed E-state index contributed by atoms with van der Waals surface area (Å²) < 4.78 is 19.8. The number of rotatable bonds is 7. The summed E-state index contributed by atoms with van der Waals surface area (Å²) in [4.78, 5) is 14.7. The highest BCUT2D eigenvalue weighted by Gasteiger charge is 2.43. The molecule has 4 nitrogen and oxygen atoms in total. The van der Waals surface area contributed by atoms with E-state index in [0.717, 1.165) is 35.4 Å². The second-order valence-electron chi connectivity index (χ2n) is 8.53. The van der Waals surface area contributed by atoms with Crippen LogP contribution < -0.4 is 4.74 Å². The number of nitrogens with zero attached hydrogens (tertiary/aromatic N) is 1. The number of likely N-dealkylation sites (tertiary alicyclic amines) is 1. The lowest BCUT2D eigenvalue weighted by Gasteiger charge is -2.40. The molecule has 0 bridgehead atoms. The summed E-state index contributed by atoms with van der Waals surface area (Å²) in [6, 6.07) is 22.4. The van der Waals surface area contributed by atoms with Gasteiger partial charge < -0.3 is 9.84 Å². The zero-order valence-electron chi connectivity index (χ0n) is 18.3. The van der Waals surface area contributed by atoms with Gasteiger partial charge in [-0.1, -0.05) is 60.7 Å². The van der Waals surface area contributed by atoms with Crippen molar-refractivity contribution in [2.24, 2.45) is 5.41 Å². The molecular weight excluding hydrogens is 405 g/mol. The highest BCUT2D eigenvalue weighted by molar-refractivity contribution is 5.78. The molecule has 0 aliphatic carbocycles. The number of hydrogen-bond donors (Lipinski definition) is 1. The number of aliphatic carboxylic acids is 1. The van der Waals surface area contributed by atoms with E-state index in [9.17, 15) is 14.3 Å². The Bertz CT molecular complexity index is 1100. The minimum atomic E-state index is -0.929. The number of carbonyl (C=O) groups is 1. The van der Waals surface area contributed by atoms with E-state index in [2.05, 4.69) is 4.90 Å². The zero-order valence-corrected chi connectivity index (χ0v) is 18.3. The van der Waals surface area contributed by atoms with Gasteiger partial charge in [0.1, 0.15) is 11.6 Å². The Balaban J connectivity index is 1.64. The van der Waals surface area contributed by atoms with Gasteiger partial charge in [0.2, 0.25) is 0 Å².